The topological polar surface area (TPSA) is 58.2 Å². The van der Waals surface area contributed by atoms with E-state index >= 15 is 0 Å². The summed E-state index contributed by atoms with van der Waals surface area (Å²) in [6.07, 6.45) is 0. The third-order valence-corrected chi connectivity index (χ3v) is 4.94. The standard InChI is InChI=1S/C21H17ClN2O2S/c22-16-8-6-15(7-9-16)20(25)14-27-19-12-10-18(11-13-19)24-21(26)23-17-4-2-1-3-5-17/h1-13H,14H2,(H2,23,24,26). The summed E-state index contributed by atoms with van der Waals surface area (Å²) in [6.45, 7) is 0. The second-order valence-electron chi connectivity index (χ2n) is 5.69. The molecule has 27 heavy (non-hydrogen) atoms. The lowest BCUT2D eigenvalue weighted by atomic mass is 10.1. The number of hydrogen-bond acceptors (Lipinski definition) is 3. The van der Waals surface area contributed by atoms with Crippen LogP contribution in [0, 0.1) is 0 Å². The molecule has 4 nitrogen and oxygen atoms in total. The molecule has 0 bridgehead atoms. The molecular formula is C21H17ClN2O2S. The van der Waals surface area contributed by atoms with Crippen LogP contribution in [0.3, 0.4) is 0 Å². The Morgan fingerprint density at radius 1 is 0.778 bits per heavy atom. The molecule has 0 saturated carbocycles. The smallest absolute Gasteiger partial charge is 0.308 e. The molecule has 0 fully saturated rings. The van der Waals surface area contributed by atoms with Gasteiger partial charge in [-0.1, -0.05) is 29.8 Å². The Kier molecular flexibility index (Phi) is 6.52. The predicted molar refractivity (Wildman–Crippen MR) is 112 cm³/mol. The average molecular weight is 397 g/mol. The van der Waals surface area contributed by atoms with Gasteiger partial charge in [-0.25, -0.2) is 4.79 Å². The largest absolute Gasteiger partial charge is 0.323 e. The van der Waals surface area contributed by atoms with E-state index in [2.05, 4.69) is 10.6 Å². The fraction of sp³-hybridized carbons (Fsp3) is 0.0476. The van der Waals surface area contributed by atoms with Gasteiger partial charge in [-0.15, -0.1) is 11.8 Å². The van der Waals surface area contributed by atoms with Crippen LogP contribution in [0.1, 0.15) is 10.4 Å². The minimum absolute atomic E-state index is 0.0427. The van der Waals surface area contributed by atoms with Gasteiger partial charge >= 0.3 is 6.03 Å². The molecule has 0 spiro atoms. The highest BCUT2D eigenvalue weighted by atomic mass is 35.5. The number of Topliss-reactive ketones (excluding diaryl/α,β-unsaturated/α-hetero) is 1. The van der Waals surface area contributed by atoms with Gasteiger partial charge < -0.3 is 10.6 Å². The van der Waals surface area contributed by atoms with Crippen molar-refractivity contribution in [3.63, 3.8) is 0 Å². The summed E-state index contributed by atoms with van der Waals surface area (Å²) < 4.78 is 0. The van der Waals surface area contributed by atoms with Crippen molar-refractivity contribution in [3.8, 4) is 0 Å². The van der Waals surface area contributed by atoms with E-state index in [1.807, 2.05) is 42.5 Å². The number of urea groups is 1. The van der Waals surface area contributed by atoms with Crippen LogP contribution in [-0.2, 0) is 0 Å². The number of carbonyl (C=O) groups is 2. The Bertz CT molecular complexity index is 913. The molecule has 2 amide bonds. The number of carbonyl (C=O) groups excluding carboxylic acids is 2. The average Bonchev–Trinajstić information content (AvgIpc) is 2.68. The number of amides is 2. The van der Waals surface area contributed by atoms with Gasteiger partial charge in [0.2, 0.25) is 0 Å². The van der Waals surface area contributed by atoms with Gasteiger partial charge in [0.05, 0.1) is 5.75 Å². The summed E-state index contributed by atoms with van der Waals surface area (Å²) in [5.74, 6) is 0.379. The highest BCUT2D eigenvalue weighted by molar-refractivity contribution is 8.00. The summed E-state index contributed by atoms with van der Waals surface area (Å²) in [7, 11) is 0. The van der Waals surface area contributed by atoms with Gasteiger partial charge in [0.25, 0.3) is 0 Å². The van der Waals surface area contributed by atoms with Gasteiger partial charge in [0, 0.05) is 26.9 Å². The molecule has 2 N–H and O–H groups in total. The third-order valence-electron chi connectivity index (χ3n) is 3.68. The molecule has 0 aliphatic heterocycles. The van der Waals surface area contributed by atoms with E-state index in [9.17, 15) is 9.59 Å². The number of nitrogens with one attached hydrogen (secondary N) is 2. The molecule has 3 rings (SSSR count). The molecule has 0 unspecified atom stereocenters. The van der Waals surface area contributed by atoms with Crippen molar-refractivity contribution in [2.24, 2.45) is 0 Å². The maximum atomic E-state index is 12.2. The van der Waals surface area contributed by atoms with E-state index in [0.717, 1.165) is 10.6 Å². The Balaban J connectivity index is 1.50. The molecular weight excluding hydrogens is 380 g/mol. The van der Waals surface area contributed by atoms with Crippen LogP contribution in [0.25, 0.3) is 0 Å². The van der Waals surface area contributed by atoms with Crippen LogP contribution in [0.15, 0.2) is 83.8 Å². The molecule has 0 radical (unpaired) electrons. The summed E-state index contributed by atoms with van der Waals surface area (Å²) in [4.78, 5) is 25.1. The third kappa shape index (κ3) is 5.88. The molecule has 3 aromatic carbocycles. The number of rotatable bonds is 6. The van der Waals surface area contributed by atoms with Crippen molar-refractivity contribution >= 4 is 46.6 Å². The van der Waals surface area contributed by atoms with Crippen molar-refractivity contribution in [1.82, 2.24) is 0 Å². The number of para-hydroxylation sites is 1. The lowest BCUT2D eigenvalue weighted by molar-refractivity contribution is 0.102. The van der Waals surface area contributed by atoms with Crippen molar-refractivity contribution in [1.29, 1.82) is 0 Å². The molecule has 136 valence electrons. The van der Waals surface area contributed by atoms with E-state index in [1.54, 1.807) is 36.4 Å². The number of halogens is 1. The first kappa shape index (κ1) is 19.0. The van der Waals surface area contributed by atoms with Crippen molar-refractivity contribution in [3.05, 3.63) is 89.4 Å². The van der Waals surface area contributed by atoms with Crippen LogP contribution in [0.4, 0.5) is 16.2 Å². The van der Waals surface area contributed by atoms with Gasteiger partial charge in [0.15, 0.2) is 5.78 Å². The second kappa shape index (κ2) is 9.26. The Morgan fingerprint density at radius 3 is 2.00 bits per heavy atom. The van der Waals surface area contributed by atoms with Crippen LogP contribution in [-0.4, -0.2) is 17.6 Å². The van der Waals surface area contributed by atoms with Gasteiger partial charge in [-0.2, -0.15) is 0 Å². The molecule has 0 saturated heterocycles. The summed E-state index contributed by atoms with van der Waals surface area (Å²) in [5, 5.41) is 6.14. The van der Waals surface area contributed by atoms with Crippen molar-refractivity contribution < 1.29 is 9.59 Å². The Labute approximate surface area is 166 Å². The van der Waals surface area contributed by atoms with E-state index in [0.29, 0.717) is 22.0 Å². The molecule has 0 atom stereocenters. The number of anilines is 2. The Hall–Kier alpha value is -2.76. The van der Waals surface area contributed by atoms with E-state index in [-0.39, 0.29) is 11.8 Å². The minimum atomic E-state index is -0.306. The van der Waals surface area contributed by atoms with Gasteiger partial charge in [-0.05, 0) is 60.7 Å². The zero-order valence-corrected chi connectivity index (χ0v) is 15.9. The molecule has 0 aromatic heterocycles. The Morgan fingerprint density at radius 2 is 1.37 bits per heavy atom. The molecule has 3 aromatic rings. The monoisotopic (exact) mass is 396 g/mol. The summed E-state index contributed by atoms with van der Waals surface area (Å²) >= 11 is 7.28. The zero-order valence-electron chi connectivity index (χ0n) is 14.3. The number of thioether (sulfide) groups is 1. The maximum Gasteiger partial charge on any atom is 0.323 e. The minimum Gasteiger partial charge on any atom is -0.308 e. The first-order chi connectivity index (χ1) is 13.1. The van der Waals surface area contributed by atoms with Crippen LogP contribution < -0.4 is 10.6 Å². The fourth-order valence-corrected chi connectivity index (χ4v) is 3.24. The van der Waals surface area contributed by atoms with Gasteiger partial charge in [0.1, 0.15) is 0 Å². The number of ketones is 1. The highest BCUT2D eigenvalue weighted by Gasteiger charge is 2.07. The molecule has 0 aliphatic carbocycles. The van der Waals surface area contributed by atoms with Crippen LogP contribution >= 0.6 is 23.4 Å². The van der Waals surface area contributed by atoms with Crippen LogP contribution in [0.2, 0.25) is 5.02 Å². The fourth-order valence-electron chi connectivity index (χ4n) is 2.32. The normalized spacial score (nSPS) is 10.3. The molecule has 6 heteroatoms. The first-order valence-electron chi connectivity index (χ1n) is 8.25. The summed E-state index contributed by atoms with van der Waals surface area (Å²) in [6, 6.07) is 23.1. The van der Waals surface area contributed by atoms with E-state index < -0.39 is 0 Å². The predicted octanol–water partition coefficient (Wildman–Crippen LogP) is 5.96. The lowest BCUT2D eigenvalue weighted by Gasteiger charge is -2.08. The highest BCUT2D eigenvalue weighted by Crippen LogP contribution is 2.22. The SMILES string of the molecule is O=C(Nc1ccccc1)Nc1ccc(SCC(=O)c2ccc(Cl)cc2)cc1. The lowest BCUT2D eigenvalue weighted by Crippen LogP contribution is -2.19. The number of benzene rings is 3. The molecule has 0 heterocycles. The van der Waals surface area contributed by atoms with Crippen LogP contribution in [0.5, 0.6) is 0 Å². The zero-order chi connectivity index (χ0) is 19.1. The first-order valence-corrected chi connectivity index (χ1v) is 9.61. The van der Waals surface area contributed by atoms with E-state index in [4.69, 9.17) is 11.6 Å². The van der Waals surface area contributed by atoms with Crippen molar-refractivity contribution in [2.45, 2.75) is 4.90 Å². The molecule has 0 aliphatic rings. The van der Waals surface area contributed by atoms with Gasteiger partial charge in [-0.3, -0.25) is 4.79 Å². The second-order valence-corrected chi connectivity index (χ2v) is 7.17. The quantitative estimate of drug-likeness (QED) is 0.399. The van der Waals surface area contributed by atoms with E-state index in [1.165, 1.54) is 11.8 Å². The number of hydrogen-bond donors (Lipinski definition) is 2. The maximum absolute atomic E-state index is 12.2. The van der Waals surface area contributed by atoms with Crippen molar-refractivity contribution in [2.75, 3.05) is 16.4 Å². The summed E-state index contributed by atoms with van der Waals surface area (Å²) in [5.41, 5.74) is 2.04.